The summed E-state index contributed by atoms with van der Waals surface area (Å²) in [4.78, 5) is 26.9. The molecule has 0 bridgehead atoms. The van der Waals surface area contributed by atoms with E-state index in [0.29, 0.717) is 11.3 Å². The molecule has 1 atom stereocenters. The summed E-state index contributed by atoms with van der Waals surface area (Å²) in [7, 11) is 0. The van der Waals surface area contributed by atoms with Crippen molar-refractivity contribution < 1.29 is 18.7 Å². The van der Waals surface area contributed by atoms with E-state index in [4.69, 9.17) is 4.74 Å². The average molecular weight is 512 g/mol. The monoisotopic (exact) mass is 512 g/mol. The highest BCUT2D eigenvalue weighted by Crippen LogP contribution is 2.16. The van der Waals surface area contributed by atoms with Gasteiger partial charge in [0.25, 0.3) is 5.91 Å². The molecule has 0 aliphatic heterocycles. The standard InChI is InChI=1S/C22H26FIN2O3/c1-15(21(28)25-22(2,3)4)26(13-16-7-5-6-8-19(16)23)20(27)14-29-18-11-9-17(24)10-12-18/h5-12,15H,13-14H2,1-4H3,(H,25,28). The molecule has 0 saturated heterocycles. The van der Waals surface area contributed by atoms with E-state index in [9.17, 15) is 14.0 Å². The fraction of sp³-hybridized carbons (Fsp3) is 0.364. The van der Waals surface area contributed by atoms with E-state index >= 15 is 0 Å². The van der Waals surface area contributed by atoms with Crippen LogP contribution in [0.3, 0.4) is 0 Å². The Morgan fingerprint density at radius 2 is 1.76 bits per heavy atom. The van der Waals surface area contributed by atoms with Gasteiger partial charge < -0.3 is 15.0 Å². The number of nitrogens with zero attached hydrogens (tertiary/aromatic N) is 1. The van der Waals surface area contributed by atoms with Gasteiger partial charge >= 0.3 is 0 Å². The summed E-state index contributed by atoms with van der Waals surface area (Å²) >= 11 is 2.18. The number of halogens is 2. The zero-order chi connectivity index (χ0) is 21.6. The van der Waals surface area contributed by atoms with E-state index in [1.807, 2.05) is 32.9 Å². The van der Waals surface area contributed by atoms with Gasteiger partial charge in [-0.15, -0.1) is 0 Å². The number of amides is 2. The summed E-state index contributed by atoms with van der Waals surface area (Å²) in [5, 5.41) is 2.87. The van der Waals surface area contributed by atoms with Crippen LogP contribution in [0.25, 0.3) is 0 Å². The zero-order valence-corrected chi connectivity index (χ0v) is 19.2. The number of carbonyl (C=O) groups excluding carboxylic acids is 2. The highest BCUT2D eigenvalue weighted by atomic mass is 127. The second-order valence-corrected chi connectivity index (χ2v) is 9.02. The van der Waals surface area contributed by atoms with Gasteiger partial charge in [-0.05, 0) is 80.6 Å². The normalized spacial score (nSPS) is 12.2. The Balaban J connectivity index is 2.18. The highest BCUT2D eigenvalue weighted by Gasteiger charge is 2.29. The second-order valence-electron chi connectivity index (χ2n) is 7.77. The quantitative estimate of drug-likeness (QED) is 0.568. The first kappa shape index (κ1) is 23.1. The molecule has 7 heteroatoms. The number of nitrogens with one attached hydrogen (secondary N) is 1. The third-order valence-electron chi connectivity index (χ3n) is 4.14. The lowest BCUT2D eigenvalue weighted by atomic mass is 10.1. The molecule has 2 rings (SSSR count). The molecular weight excluding hydrogens is 486 g/mol. The third kappa shape index (κ3) is 7.30. The van der Waals surface area contributed by atoms with Crippen LogP contribution in [-0.4, -0.2) is 34.9 Å². The minimum atomic E-state index is -0.790. The minimum absolute atomic E-state index is 0.0275. The van der Waals surface area contributed by atoms with Crippen LogP contribution >= 0.6 is 22.6 Å². The van der Waals surface area contributed by atoms with E-state index in [1.165, 1.54) is 11.0 Å². The van der Waals surface area contributed by atoms with Gasteiger partial charge in [0.1, 0.15) is 17.6 Å². The number of benzene rings is 2. The molecule has 5 nitrogen and oxygen atoms in total. The van der Waals surface area contributed by atoms with Crippen LogP contribution < -0.4 is 10.1 Å². The van der Waals surface area contributed by atoms with E-state index in [-0.39, 0.29) is 19.1 Å². The van der Waals surface area contributed by atoms with Gasteiger partial charge in [0.05, 0.1) is 0 Å². The number of hydrogen-bond acceptors (Lipinski definition) is 3. The Hall–Kier alpha value is -2.16. The van der Waals surface area contributed by atoms with Crippen molar-refractivity contribution in [1.82, 2.24) is 10.2 Å². The highest BCUT2D eigenvalue weighted by molar-refractivity contribution is 14.1. The Kier molecular flexibility index (Phi) is 8.01. The lowest BCUT2D eigenvalue weighted by molar-refractivity contribution is -0.142. The number of ether oxygens (including phenoxy) is 1. The third-order valence-corrected chi connectivity index (χ3v) is 4.86. The molecule has 2 aromatic carbocycles. The van der Waals surface area contributed by atoms with E-state index in [2.05, 4.69) is 27.9 Å². The van der Waals surface area contributed by atoms with Gasteiger partial charge in [-0.3, -0.25) is 9.59 Å². The fourth-order valence-corrected chi connectivity index (χ4v) is 2.99. The molecule has 0 aromatic heterocycles. The van der Waals surface area contributed by atoms with Gasteiger partial charge in [0.2, 0.25) is 5.91 Å². The largest absolute Gasteiger partial charge is 0.484 e. The molecule has 0 spiro atoms. The molecule has 156 valence electrons. The van der Waals surface area contributed by atoms with Crippen LogP contribution in [0, 0.1) is 9.39 Å². The summed E-state index contributed by atoms with van der Waals surface area (Å²) in [6.45, 7) is 6.94. The number of carbonyl (C=O) groups is 2. The van der Waals surface area contributed by atoms with Crippen molar-refractivity contribution in [3.8, 4) is 5.75 Å². The summed E-state index contributed by atoms with van der Waals surface area (Å²) < 4.78 is 20.8. The molecule has 2 aromatic rings. The Labute approximate surface area is 184 Å². The second kappa shape index (κ2) is 10.0. The van der Waals surface area contributed by atoms with Crippen LogP contribution in [0.4, 0.5) is 4.39 Å². The van der Waals surface area contributed by atoms with Crippen LogP contribution in [0.1, 0.15) is 33.3 Å². The summed E-state index contributed by atoms with van der Waals surface area (Å²) in [6.07, 6.45) is 0. The minimum Gasteiger partial charge on any atom is -0.484 e. The molecule has 0 radical (unpaired) electrons. The smallest absolute Gasteiger partial charge is 0.261 e. The first-order valence-electron chi connectivity index (χ1n) is 9.30. The molecule has 2 amide bonds. The molecular formula is C22H26FIN2O3. The maximum Gasteiger partial charge on any atom is 0.261 e. The number of hydrogen-bond donors (Lipinski definition) is 1. The van der Waals surface area contributed by atoms with Crippen molar-refractivity contribution >= 4 is 34.4 Å². The molecule has 1 unspecified atom stereocenters. The van der Waals surface area contributed by atoms with Gasteiger partial charge in [-0.1, -0.05) is 18.2 Å². The molecule has 0 aliphatic carbocycles. The molecule has 0 fully saturated rings. The van der Waals surface area contributed by atoms with E-state index in [0.717, 1.165) is 3.57 Å². The Morgan fingerprint density at radius 3 is 2.34 bits per heavy atom. The van der Waals surface area contributed by atoms with Gasteiger partial charge in [0.15, 0.2) is 6.61 Å². The van der Waals surface area contributed by atoms with Crippen molar-refractivity contribution in [3.05, 3.63) is 63.5 Å². The van der Waals surface area contributed by atoms with Crippen molar-refractivity contribution in [2.45, 2.75) is 45.8 Å². The van der Waals surface area contributed by atoms with Gasteiger partial charge in [-0.2, -0.15) is 0 Å². The van der Waals surface area contributed by atoms with Crippen LogP contribution in [0.15, 0.2) is 48.5 Å². The average Bonchev–Trinajstić information content (AvgIpc) is 2.65. The zero-order valence-electron chi connectivity index (χ0n) is 17.0. The Morgan fingerprint density at radius 1 is 1.14 bits per heavy atom. The molecule has 29 heavy (non-hydrogen) atoms. The molecule has 1 N–H and O–H groups in total. The lowest BCUT2D eigenvalue weighted by Gasteiger charge is -2.31. The van der Waals surface area contributed by atoms with Crippen molar-refractivity contribution in [2.24, 2.45) is 0 Å². The Bertz CT molecular complexity index is 850. The predicted octanol–water partition coefficient (Wildman–Crippen LogP) is 4.14. The maximum absolute atomic E-state index is 14.2. The van der Waals surface area contributed by atoms with Crippen molar-refractivity contribution in [1.29, 1.82) is 0 Å². The van der Waals surface area contributed by atoms with Crippen molar-refractivity contribution in [2.75, 3.05) is 6.61 Å². The fourth-order valence-electron chi connectivity index (χ4n) is 2.63. The summed E-state index contributed by atoms with van der Waals surface area (Å²) in [5.41, 5.74) is -0.110. The molecule has 0 aliphatic rings. The van der Waals surface area contributed by atoms with Gasteiger partial charge in [-0.25, -0.2) is 4.39 Å². The SMILES string of the molecule is CC(C(=O)NC(C)(C)C)N(Cc1ccccc1F)C(=O)COc1ccc(I)cc1. The number of rotatable bonds is 7. The maximum atomic E-state index is 14.2. The molecule has 0 saturated carbocycles. The van der Waals surface area contributed by atoms with Gasteiger partial charge in [0, 0.05) is 21.2 Å². The van der Waals surface area contributed by atoms with Crippen molar-refractivity contribution in [3.63, 3.8) is 0 Å². The molecule has 0 heterocycles. The van der Waals surface area contributed by atoms with Crippen LogP contribution in [0.5, 0.6) is 5.75 Å². The summed E-state index contributed by atoms with van der Waals surface area (Å²) in [5.74, 6) is -0.580. The first-order chi connectivity index (χ1) is 13.6. The topological polar surface area (TPSA) is 58.6 Å². The van der Waals surface area contributed by atoms with Crippen LogP contribution in [0.2, 0.25) is 0 Å². The van der Waals surface area contributed by atoms with E-state index < -0.39 is 23.3 Å². The lowest BCUT2D eigenvalue weighted by Crippen LogP contribution is -2.53. The first-order valence-corrected chi connectivity index (χ1v) is 10.4. The van der Waals surface area contributed by atoms with Crippen LogP contribution in [-0.2, 0) is 16.1 Å². The predicted molar refractivity (Wildman–Crippen MR) is 119 cm³/mol. The summed E-state index contributed by atoms with van der Waals surface area (Å²) in [6, 6.07) is 12.7. The van der Waals surface area contributed by atoms with E-state index in [1.54, 1.807) is 37.3 Å².